The molecule has 9 heteroatoms. The first-order valence-electron chi connectivity index (χ1n) is 9.33. The molecule has 30 heavy (non-hydrogen) atoms. The number of thiazole rings is 1. The summed E-state index contributed by atoms with van der Waals surface area (Å²) in [6, 6.07) is 13.3. The van der Waals surface area contributed by atoms with Crippen LogP contribution in [0.2, 0.25) is 0 Å². The van der Waals surface area contributed by atoms with E-state index in [-0.39, 0.29) is 10.5 Å². The average molecular weight is 444 g/mol. The quantitative estimate of drug-likeness (QED) is 0.576. The Balaban J connectivity index is 1.72. The van der Waals surface area contributed by atoms with Gasteiger partial charge in [0.2, 0.25) is 5.91 Å². The number of nitrogens with zero attached hydrogens (tertiary/aromatic N) is 2. The number of hydrogen-bond acceptors (Lipinski definition) is 6. The van der Waals surface area contributed by atoms with E-state index in [9.17, 15) is 13.2 Å². The number of methoxy groups -OCH3 is 1. The summed E-state index contributed by atoms with van der Waals surface area (Å²) in [6.45, 7) is 0. The van der Waals surface area contributed by atoms with Crippen molar-refractivity contribution >= 4 is 32.4 Å². The van der Waals surface area contributed by atoms with E-state index < -0.39 is 21.5 Å². The van der Waals surface area contributed by atoms with E-state index in [4.69, 9.17) is 10.5 Å². The SMILES string of the molecule is COc1ccc(CC2(N(c3nccs3)S(=O)(=O)c3ccc(C(N)=O)cc3)CC2)cc1. The first kappa shape index (κ1) is 20.4. The van der Waals surface area contributed by atoms with E-state index >= 15 is 0 Å². The van der Waals surface area contributed by atoms with Crippen LogP contribution in [-0.4, -0.2) is 32.0 Å². The minimum atomic E-state index is -3.89. The summed E-state index contributed by atoms with van der Waals surface area (Å²) in [7, 11) is -2.28. The Hall–Kier alpha value is -2.91. The Morgan fingerprint density at radius 1 is 1.17 bits per heavy atom. The van der Waals surface area contributed by atoms with E-state index in [2.05, 4.69) is 4.98 Å². The number of aromatic nitrogens is 1. The molecule has 0 saturated heterocycles. The molecule has 0 aliphatic heterocycles. The second kappa shape index (κ2) is 7.73. The molecule has 0 spiro atoms. The third-order valence-corrected chi connectivity index (χ3v) is 8.00. The molecule has 2 aromatic carbocycles. The van der Waals surface area contributed by atoms with Crippen molar-refractivity contribution in [3.63, 3.8) is 0 Å². The van der Waals surface area contributed by atoms with Crippen molar-refractivity contribution < 1.29 is 17.9 Å². The van der Waals surface area contributed by atoms with Crippen molar-refractivity contribution in [2.24, 2.45) is 5.73 Å². The fourth-order valence-corrected chi connectivity index (χ4v) is 6.27. The van der Waals surface area contributed by atoms with E-state index in [0.717, 1.165) is 24.2 Å². The number of rotatable bonds is 8. The Bertz CT molecular complexity index is 1140. The van der Waals surface area contributed by atoms with Gasteiger partial charge in [-0.05, 0) is 61.2 Å². The van der Waals surface area contributed by atoms with Crippen molar-refractivity contribution in [3.05, 3.63) is 71.2 Å². The highest BCUT2D eigenvalue weighted by molar-refractivity contribution is 7.93. The summed E-state index contributed by atoms with van der Waals surface area (Å²) in [5.41, 5.74) is 5.98. The van der Waals surface area contributed by atoms with Gasteiger partial charge in [0.1, 0.15) is 5.75 Å². The lowest BCUT2D eigenvalue weighted by Gasteiger charge is -2.31. The van der Waals surface area contributed by atoms with Gasteiger partial charge in [-0.1, -0.05) is 12.1 Å². The zero-order valence-electron chi connectivity index (χ0n) is 16.3. The Morgan fingerprint density at radius 2 is 1.83 bits per heavy atom. The summed E-state index contributed by atoms with van der Waals surface area (Å²) in [5, 5.41) is 2.19. The summed E-state index contributed by atoms with van der Waals surface area (Å²) in [4.78, 5) is 15.7. The van der Waals surface area contributed by atoms with Gasteiger partial charge in [0, 0.05) is 17.1 Å². The van der Waals surface area contributed by atoms with Crippen LogP contribution in [0.3, 0.4) is 0 Å². The van der Waals surface area contributed by atoms with E-state index in [0.29, 0.717) is 11.6 Å². The molecule has 1 saturated carbocycles. The number of hydrogen-bond donors (Lipinski definition) is 1. The third-order valence-electron chi connectivity index (χ3n) is 5.22. The maximum Gasteiger partial charge on any atom is 0.266 e. The molecule has 156 valence electrons. The van der Waals surface area contributed by atoms with Crippen LogP contribution in [0.4, 0.5) is 5.13 Å². The molecule has 1 aromatic heterocycles. The molecule has 1 aliphatic carbocycles. The number of carbonyl (C=O) groups excluding carboxylic acids is 1. The van der Waals surface area contributed by atoms with Gasteiger partial charge in [0.05, 0.1) is 17.5 Å². The highest BCUT2D eigenvalue weighted by Crippen LogP contribution is 2.49. The van der Waals surface area contributed by atoms with Crippen molar-refractivity contribution in [3.8, 4) is 5.75 Å². The highest BCUT2D eigenvalue weighted by atomic mass is 32.2. The van der Waals surface area contributed by atoms with Crippen LogP contribution in [0.25, 0.3) is 0 Å². The molecule has 0 radical (unpaired) electrons. The normalized spacial score (nSPS) is 14.8. The average Bonchev–Trinajstić information content (AvgIpc) is 3.29. The minimum Gasteiger partial charge on any atom is -0.497 e. The number of nitrogens with two attached hydrogens (primary N) is 1. The Kier molecular flexibility index (Phi) is 5.25. The van der Waals surface area contributed by atoms with E-state index in [1.165, 1.54) is 39.9 Å². The number of carbonyl (C=O) groups is 1. The molecule has 1 amide bonds. The fourth-order valence-electron chi connectivity index (χ4n) is 3.49. The summed E-state index contributed by atoms with van der Waals surface area (Å²) < 4.78 is 34.0. The second-order valence-corrected chi connectivity index (χ2v) is 9.88. The highest BCUT2D eigenvalue weighted by Gasteiger charge is 2.54. The standard InChI is InChI=1S/C21H21N3O4S2/c1-28-17-6-2-15(3-7-17)14-21(10-11-21)24(20-23-12-13-29-20)30(26,27)18-8-4-16(5-9-18)19(22)25/h2-9,12-13H,10-11,14H2,1H3,(H2,22,25). The van der Waals surface area contributed by atoms with Crippen molar-refractivity contribution in [1.29, 1.82) is 0 Å². The largest absolute Gasteiger partial charge is 0.497 e. The second-order valence-electron chi connectivity index (χ2n) is 7.22. The number of ether oxygens (including phenoxy) is 1. The lowest BCUT2D eigenvalue weighted by Crippen LogP contribution is -2.43. The van der Waals surface area contributed by atoms with Gasteiger partial charge in [-0.15, -0.1) is 11.3 Å². The van der Waals surface area contributed by atoms with E-state index in [1.54, 1.807) is 18.7 Å². The van der Waals surface area contributed by atoms with Crippen molar-refractivity contribution in [1.82, 2.24) is 4.98 Å². The number of sulfonamides is 1. The maximum absolute atomic E-state index is 13.6. The number of amides is 1. The zero-order valence-corrected chi connectivity index (χ0v) is 17.9. The molecule has 1 heterocycles. The Labute approximate surface area is 179 Å². The third kappa shape index (κ3) is 3.78. The monoisotopic (exact) mass is 443 g/mol. The van der Waals surface area contributed by atoms with E-state index in [1.807, 2.05) is 24.3 Å². The smallest absolute Gasteiger partial charge is 0.266 e. The Morgan fingerprint density at radius 3 is 2.33 bits per heavy atom. The van der Waals surface area contributed by atoms with Crippen LogP contribution in [0.5, 0.6) is 5.75 Å². The fraction of sp³-hybridized carbons (Fsp3) is 0.238. The van der Waals surface area contributed by atoms with Gasteiger partial charge < -0.3 is 10.5 Å². The van der Waals surface area contributed by atoms with Gasteiger partial charge in [-0.3, -0.25) is 4.79 Å². The van der Waals surface area contributed by atoms with Gasteiger partial charge in [0.15, 0.2) is 5.13 Å². The van der Waals surface area contributed by atoms with Crippen LogP contribution in [0.1, 0.15) is 28.8 Å². The predicted octanol–water partition coefficient (Wildman–Crippen LogP) is 3.22. The molecule has 1 fully saturated rings. The van der Waals surface area contributed by atoms with Crippen LogP contribution in [-0.2, 0) is 16.4 Å². The molecular formula is C21H21N3O4S2. The topological polar surface area (TPSA) is 103 Å². The zero-order chi connectivity index (χ0) is 21.4. The molecule has 0 atom stereocenters. The first-order chi connectivity index (χ1) is 14.4. The van der Waals surface area contributed by atoms with Crippen LogP contribution in [0.15, 0.2) is 65.0 Å². The molecular weight excluding hydrogens is 422 g/mol. The van der Waals surface area contributed by atoms with Gasteiger partial charge >= 0.3 is 0 Å². The van der Waals surface area contributed by atoms with Gasteiger partial charge in [0.25, 0.3) is 10.0 Å². The van der Waals surface area contributed by atoms with Crippen LogP contribution < -0.4 is 14.8 Å². The molecule has 3 aromatic rings. The lowest BCUT2D eigenvalue weighted by molar-refractivity contribution is 0.1000. The van der Waals surface area contributed by atoms with Crippen LogP contribution in [0, 0.1) is 0 Å². The molecule has 0 bridgehead atoms. The van der Waals surface area contributed by atoms with Gasteiger partial charge in [-0.25, -0.2) is 17.7 Å². The predicted molar refractivity (Wildman–Crippen MR) is 115 cm³/mol. The molecule has 2 N–H and O–H groups in total. The van der Waals surface area contributed by atoms with Crippen molar-refractivity contribution in [2.75, 3.05) is 11.4 Å². The number of primary amides is 1. The number of anilines is 1. The van der Waals surface area contributed by atoms with Gasteiger partial charge in [-0.2, -0.15) is 0 Å². The lowest BCUT2D eigenvalue weighted by atomic mass is 10.0. The molecule has 1 aliphatic rings. The summed E-state index contributed by atoms with van der Waals surface area (Å²) in [5.74, 6) is 0.149. The minimum absolute atomic E-state index is 0.101. The number of benzene rings is 2. The maximum atomic E-state index is 13.6. The molecule has 7 nitrogen and oxygen atoms in total. The first-order valence-corrected chi connectivity index (χ1v) is 11.7. The summed E-state index contributed by atoms with van der Waals surface area (Å²) >= 11 is 1.29. The summed E-state index contributed by atoms with van der Waals surface area (Å²) in [6.07, 6.45) is 3.63. The molecule has 0 unspecified atom stereocenters. The van der Waals surface area contributed by atoms with Crippen LogP contribution >= 0.6 is 11.3 Å². The van der Waals surface area contributed by atoms with Crippen molar-refractivity contribution in [2.45, 2.75) is 29.7 Å². The molecule has 4 rings (SSSR count).